The van der Waals surface area contributed by atoms with Crippen LogP contribution in [0, 0.1) is 5.82 Å². The first-order chi connectivity index (χ1) is 10.7. The van der Waals surface area contributed by atoms with Crippen molar-refractivity contribution >= 4 is 11.9 Å². The number of amides is 1. The zero-order chi connectivity index (χ0) is 17.2. The number of hydrogen-bond acceptors (Lipinski definition) is 3. The first kappa shape index (κ1) is 17.2. The second-order valence-corrected chi connectivity index (χ2v) is 5.20. The molecule has 5 nitrogen and oxygen atoms in total. The summed E-state index contributed by atoms with van der Waals surface area (Å²) in [6.07, 6.45) is -4.20. The van der Waals surface area contributed by atoms with Crippen molar-refractivity contribution in [1.82, 2.24) is 10.6 Å². The van der Waals surface area contributed by atoms with Gasteiger partial charge < -0.3 is 10.4 Å². The number of aliphatic carboxylic acids is 1. The molecule has 2 rings (SSSR count). The summed E-state index contributed by atoms with van der Waals surface area (Å²) < 4.78 is 51.5. The van der Waals surface area contributed by atoms with Gasteiger partial charge in [-0.05, 0) is 30.5 Å². The number of nitrogens with one attached hydrogen (secondary N) is 2. The van der Waals surface area contributed by atoms with Crippen molar-refractivity contribution in [2.24, 2.45) is 0 Å². The summed E-state index contributed by atoms with van der Waals surface area (Å²) in [6.45, 7) is -0.427. The largest absolute Gasteiger partial charge is 0.480 e. The fourth-order valence-electron chi connectivity index (χ4n) is 2.42. The van der Waals surface area contributed by atoms with E-state index >= 15 is 0 Å². The zero-order valence-electron chi connectivity index (χ0n) is 11.8. The molecule has 0 aliphatic carbocycles. The summed E-state index contributed by atoms with van der Waals surface area (Å²) in [5.74, 6) is -2.70. The Morgan fingerprint density at radius 2 is 1.91 bits per heavy atom. The molecule has 1 amide bonds. The van der Waals surface area contributed by atoms with E-state index in [1.165, 1.54) is 0 Å². The third-order valence-electron chi connectivity index (χ3n) is 3.59. The molecule has 3 N–H and O–H groups in total. The normalized spacial score (nSPS) is 21.2. The third kappa shape index (κ3) is 4.19. The lowest BCUT2D eigenvalue weighted by molar-refractivity contribution is -0.140. The Labute approximate surface area is 128 Å². The molecule has 9 heteroatoms. The van der Waals surface area contributed by atoms with E-state index in [0.29, 0.717) is 6.07 Å². The maximum Gasteiger partial charge on any atom is 0.416 e. The van der Waals surface area contributed by atoms with Gasteiger partial charge in [-0.25, -0.2) is 4.39 Å². The van der Waals surface area contributed by atoms with Crippen molar-refractivity contribution in [3.8, 4) is 0 Å². The molecule has 126 valence electrons. The van der Waals surface area contributed by atoms with Crippen LogP contribution in [0.4, 0.5) is 17.6 Å². The van der Waals surface area contributed by atoms with E-state index < -0.39 is 48.1 Å². The highest BCUT2D eigenvalue weighted by molar-refractivity contribution is 5.84. The Balaban J connectivity index is 2.01. The number of alkyl halides is 3. The second kappa shape index (κ2) is 6.53. The lowest BCUT2D eigenvalue weighted by Gasteiger charge is -2.16. The van der Waals surface area contributed by atoms with Crippen molar-refractivity contribution in [3.63, 3.8) is 0 Å². The van der Waals surface area contributed by atoms with Crippen LogP contribution in [0.1, 0.15) is 24.0 Å². The molecule has 0 spiro atoms. The highest BCUT2D eigenvalue weighted by Crippen LogP contribution is 2.32. The van der Waals surface area contributed by atoms with Gasteiger partial charge >= 0.3 is 12.1 Å². The minimum Gasteiger partial charge on any atom is -0.480 e. The summed E-state index contributed by atoms with van der Waals surface area (Å²) in [4.78, 5) is 22.7. The molecule has 1 aliphatic heterocycles. The van der Waals surface area contributed by atoms with Crippen LogP contribution in [0.3, 0.4) is 0 Å². The predicted octanol–water partition coefficient (Wildman–Crippen LogP) is 1.67. The van der Waals surface area contributed by atoms with Crippen LogP contribution >= 0.6 is 0 Å². The van der Waals surface area contributed by atoms with Gasteiger partial charge in [0.05, 0.1) is 11.6 Å². The number of carbonyl (C=O) groups excluding carboxylic acids is 1. The van der Waals surface area contributed by atoms with Crippen LogP contribution in [0.25, 0.3) is 0 Å². The fourth-order valence-corrected chi connectivity index (χ4v) is 2.42. The van der Waals surface area contributed by atoms with E-state index in [4.69, 9.17) is 5.11 Å². The molecule has 1 saturated heterocycles. The van der Waals surface area contributed by atoms with Gasteiger partial charge in [0, 0.05) is 6.54 Å². The van der Waals surface area contributed by atoms with E-state index in [0.717, 1.165) is 12.1 Å². The average molecular weight is 334 g/mol. The summed E-state index contributed by atoms with van der Waals surface area (Å²) in [5.41, 5.74) is -1.42. The lowest BCUT2D eigenvalue weighted by Crippen LogP contribution is -2.44. The summed E-state index contributed by atoms with van der Waals surface area (Å²) in [6, 6.07) is 0.592. The topological polar surface area (TPSA) is 78.4 Å². The van der Waals surface area contributed by atoms with Crippen molar-refractivity contribution in [2.75, 3.05) is 0 Å². The van der Waals surface area contributed by atoms with Gasteiger partial charge in [-0.2, -0.15) is 13.2 Å². The monoisotopic (exact) mass is 334 g/mol. The maximum absolute atomic E-state index is 13.0. The summed E-state index contributed by atoms with van der Waals surface area (Å²) in [5, 5.41) is 13.7. The average Bonchev–Trinajstić information content (AvgIpc) is 2.94. The SMILES string of the molecule is O=C(O)[C@@H]1CC[C@H](C(=O)NCc2ccc(F)cc2C(F)(F)F)N1. The first-order valence-electron chi connectivity index (χ1n) is 6.80. The van der Waals surface area contributed by atoms with Crippen LogP contribution in [-0.4, -0.2) is 29.1 Å². The molecule has 1 heterocycles. The smallest absolute Gasteiger partial charge is 0.416 e. The Kier molecular flexibility index (Phi) is 4.88. The van der Waals surface area contributed by atoms with E-state index in [1.54, 1.807) is 0 Å². The molecule has 1 aliphatic rings. The molecule has 2 atom stereocenters. The number of hydrogen-bond donors (Lipinski definition) is 3. The van der Waals surface area contributed by atoms with Gasteiger partial charge in [0.25, 0.3) is 0 Å². The molecule has 0 unspecified atom stereocenters. The lowest BCUT2D eigenvalue weighted by atomic mass is 10.1. The van der Waals surface area contributed by atoms with Crippen LogP contribution in [0.15, 0.2) is 18.2 Å². The number of carbonyl (C=O) groups is 2. The molecule has 0 bridgehead atoms. The molecule has 23 heavy (non-hydrogen) atoms. The van der Waals surface area contributed by atoms with E-state index in [2.05, 4.69) is 10.6 Å². The van der Waals surface area contributed by atoms with Gasteiger partial charge in [-0.3, -0.25) is 14.9 Å². The fraction of sp³-hybridized carbons (Fsp3) is 0.429. The van der Waals surface area contributed by atoms with E-state index in [9.17, 15) is 27.2 Å². The molecule has 0 radical (unpaired) electrons. The van der Waals surface area contributed by atoms with Crippen molar-refractivity contribution in [1.29, 1.82) is 0 Å². The van der Waals surface area contributed by atoms with E-state index in [-0.39, 0.29) is 18.4 Å². The number of halogens is 4. The number of rotatable bonds is 4. The standard InChI is InChI=1S/C14H14F4N2O3/c15-8-2-1-7(9(5-8)14(16,17)18)6-19-12(21)10-3-4-11(20-10)13(22)23/h1-2,5,10-11,20H,3-4,6H2,(H,19,21)(H,22,23)/t10-,11+/m1/s1. The second-order valence-electron chi connectivity index (χ2n) is 5.20. The zero-order valence-corrected chi connectivity index (χ0v) is 11.8. The van der Waals surface area contributed by atoms with Crippen LogP contribution in [0.2, 0.25) is 0 Å². The first-order valence-corrected chi connectivity index (χ1v) is 6.80. The highest BCUT2D eigenvalue weighted by atomic mass is 19.4. The molecule has 0 aromatic heterocycles. The molecule has 1 fully saturated rings. The minimum absolute atomic E-state index is 0.262. The Morgan fingerprint density at radius 1 is 1.26 bits per heavy atom. The van der Waals surface area contributed by atoms with Gasteiger partial charge in [0.2, 0.25) is 5.91 Å². The Bertz CT molecular complexity index is 619. The molecular weight excluding hydrogens is 320 g/mol. The number of carboxylic acid groups (broad SMARTS) is 1. The molecular formula is C14H14F4N2O3. The van der Waals surface area contributed by atoms with Gasteiger partial charge in [0.1, 0.15) is 11.9 Å². The van der Waals surface area contributed by atoms with Gasteiger partial charge in [0.15, 0.2) is 0 Å². The Hall–Kier alpha value is -2.16. The van der Waals surface area contributed by atoms with Crippen LogP contribution < -0.4 is 10.6 Å². The predicted molar refractivity (Wildman–Crippen MR) is 70.8 cm³/mol. The van der Waals surface area contributed by atoms with Crippen LogP contribution in [0.5, 0.6) is 0 Å². The van der Waals surface area contributed by atoms with Gasteiger partial charge in [-0.15, -0.1) is 0 Å². The van der Waals surface area contributed by atoms with Gasteiger partial charge in [-0.1, -0.05) is 6.07 Å². The number of carboxylic acids is 1. The van der Waals surface area contributed by atoms with Crippen molar-refractivity contribution in [3.05, 3.63) is 35.1 Å². The number of benzene rings is 1. The van der Waals surface area contributed by atoms with Crippen LogP contribution in [-0.2, 0) is 22.3 Å². The maximum atomic E-state index is 13.0. The third-order valence-corrected chi connectivity index (χ3v) is 3.59. The quantitative estimate of drug-likeness (QED) is 0.732. The molecule has 1 aromatic rings. The molecule has 0 saturated carbocycles. The highest BCUT2D eigenvalue weighted by Gasteiger charge is 2.35. The Morgan fingerprint density at radius 3 is 2.48 bits per heavy atom. The summed E-state index contributed by atoms with van der Waals surface area (Å²) >= 11 is 0. The van der Waals surface area contributed by atoms with Crippen molar-refractivity contribution < 1.29 is 32.3 Å². The van der Waals surface area contributed by atoms with Crippen molar-refractivity contribution in [2.45, 2.75) is 37.6 Å². The molecule has 1 aromatic carbocycles. The minimum atomic E-state index is -4.73. The summed E-state index contributed by atoms with van der Waals surface area (Å²) in [7, 11) is 0. The van der Waals surface area contributed by atoms with E-state index in [1.807, 2.05) is 0 Å².